The van der Waals surface area contributed by atoms with Crippen molar-refractivity contribution in [2.75, 3.05) is 6.54 Å². The fraction of sp³-hybridized carbons (Fsp3) is 0.684. The maximum atomic E-state index is 6.51. The van der Waals surface area contributed by atoms with Crippen LogP contribution in [0.4, 0.5) is 0 Å². The molecule has 1 saturated carbocycles. The van der Waals surface area contributed by atoms with Crippen molar-refractivity contribution in [1.82, 2.24) is 5.32 Å². The van der Waals surface area contributed by atoms with E-state index in [9.17, 15) is 0 Å². The van der Waals surface area contributed by atoms with Gasteiger partial charge in [0.15, 0.2) is 0 Å². The zero-order valence-corrected chi connectivity index (χ0v) is 14.5. The molecule has 0 radical (unpaired) electrons. The predicted octanol–water partition coefficient (Wildman–Crippen LogP) is 4.40. The van der Waals surface area contributed by atoms with Gasteiger partial charge in [-0.25, -0.2) is 0 Å². The molecule has 1 aromatic carbocycles. The van der Waals surface area contributed by atoms with Crippen LogP contribution in [0.1, 0.15) is 50.3 Å². The quantitative estimate of drug-likeness (QED) is 0.887. The predicted molar refractivity (Wildman–Crippen MR) is 90.1 cm³/mol. The Morgan fingerprint density at radius 3 is 2.52 bits per heavy atom. The fourth-order valence-electron chi connectivity index (χ4n) is 3.76. The Bertz CT molecular complexity index is 483. The Morgan fingerprint density at radius 1 is 1.14 bits per heavy atom. The van der Waals surface area contributed by atoms with Crippen LogP contribution in [0.3, 0.4) is 0 Å². The number of nitrogens with one attached hydrogen (secondary N) is 1. The standard InChI is InChI=1S/C19H31NO/c1-7-20-17-10-12(2)9-15(5)19(17)21-18-11-13(3)8-14(4)16(18)6/h8,11-12,15,17,19-20H,7,9-10H2,1-6H3. The minimum absolute atomic E-state index is 0.279. The van der Waals surface area contributed by atoms with Gasteiger partial charge in [-0.1, -0.05) is 26.8 Å². The highest BCUT2D eigenvalue weighted by Crippen LogP contribution is 2.34. The lowest BCUT2D eigenvalue weighted by molar-refractivity contribution is 0.0477. The lowest BCUT2D eigenvalue weighted by Crippen LogP contribution is -2.50. The van der Waals surface area contributed by atoms with E-state index < -0.39 is 0 Å². The van der Waals surface area contributed by atoms with E-state index in [1.807, 2.05) is 0 Å². The summed E-state index contributed by atoms with van der Waals surface area (Å²) >= 11 is 0. The third kappa shape index (κ3) is 3.79. The molecule has 0 saturated heterocycles. The van der Waals surface area contributed by atoms with Crippen LogP contribution in [0.25, 0.3) is 0 Å². The summed E-state index contributed by atoms with van der Waals surface area (Å²) in [5.74, 6) is 2.45. The van der Waals surface area contributed by atoms with Crippen molar-refractivity contribution in [3.8, 4) is 5.75 Å². The molecule has 21 heavy (non-hydrogen) atoms. The Labute approximate surface area is 130 Å². The van der Waals surface area contributed by atoms with Gasteiger partial charge in [0.05, 0.1) is 0 Å². The van der Waals surface area contributed by atoms with E-state index in [2.05, 4.69) is 59.0 Å². The molecule has 1 aliphatic carbocycles. The summed E-state index contributed by atoms with van der Waals surface area (Å²) in [7, 11) is 0. The number of benzene rings is 1. The Hall–Kier alpha value is -1.02. The van der Waals surface area contributed by atoms with Crippen LogP contribution >= 0.6 is 0 Å². The van der Waals surface area contributed by atoms with Crippen LogP contribution in [-0.2, 0) is 0 Å². The summed E-state index contributed by atoms with van der Waals surface area (Å²) < 4.78 is 6.51. The van der Waals surface area contributed by atoms with E-state index in [1.165, 1.54) is 29.5 Å². The molecule has 0 bridgehead atoms. The maximum absolute atomic E-state index is 6.51. The first-order valence-electron chi connectivity index (χ1n) is 8.40. The highest BCUT2D eigenvalue weighted by atomic mass is 16.5. The fourth-order valence-corrected chi connectivity index (χ4v) is 3.76. The molecule has 2 heteroatoms. The van der Waals surface area contributed by atoms with Gasteiger partial charge in [-0.05, 0) is 74.8 Å². The summed E-state index contributed by atoms with van der Waals surface area (Å²) in [6.45, 7) is 14.4. The Balaban J connectivity index is 2.23. The van der Waals surface area contributed by atoms with E-state index in [0.29, 0.717) is 12.0 Å². The lowest BCUT2D eigenvalue weighted by Gasteiger charge is -2.40. The zero-order chi connectivity index (χ0) is 15.6. The van der Waals surface area contributed by atoms with Crippen molar-refractivity contribution < 1.29 is 4.74 Å². The van der Waals surface area contributed by atoms with Crippen molar-refractivity contribution in [3.63, 3.8) is 0 Å². The number of hydrogen-bond acceptors (Lipinski definition) is 2. The van der Waals surface area contributed by atoms with Crippen LogP contribution in [0.5, 0.6) is 5.75 Å². The van der Waals surface area contributed by atoms with Gasteiger partial charge in [0.25, 0.3) is 0 Å². The number of hydrogen-bond donors (Lipinski definition) is 1. The highest BCUT2D eigenvalue weighted by molar-refractivity contribution is 5.42. The normalized spacial score (nSPS) is 29.4. The molecule has 4 unspecified atom stereocenters. The van der Waals surface area contributed by atoms with Crippen molar-refractivity contribution in [1.29, 1.82) is 0 Å². The lowest BCUT2D eigenvalue weighted by atomic mass is 9.78. The third-order valence-electron chi connectivity index (χ3n) is 4.88. The third-order valence-corrected chi connectivity index (χ3v) is 4.88. The molecule has 1 fully saturated rings. The maximum Gasteiger partial charge on any atom is 0.123 e. The van der Waals surface area contributed by atoms with Gasteiger partial charge in [-0.3, -0.25) is 0 Å². The molecule has 0 aromatic heterocycles. The SMILES string of the molecule is CCNC1CC(C)CC(C)C1Oc1cc(C)cc(C)c1C. The molecule has 0 spiro atoms. The Kier molecular flexibility index (Phi) is 5.32. The minimum atomic E-state index is 0.279. The van der Waals surface area contributed by atoms with Crippen molar-refractivity contribution in [3.05, 3.63) is 28.8 Å². The highest BCUT2D eigenvalue weighted by Gasteiger charge is 2.35. The summed E-state index contributed by atoms with van der Waals surface area (Å²) in [5.41, 5.74) is 3.88. The molecule has 2 rings (SSSR count). The van der Waals surface area contributed by atoms with Crippen LogP contribution in [-0.4, -0.2) is 18.7 Å². The summed E-state index contributed by atoms with van der Waals surface area (Å²) in [6.07, 6.45) is 2.75. The molecule has 1 aromatic rings. The molecule has 0 heterocycles. The van der Waals surface area contributed by atoms with Crippen LogP contribution < -0.4 is 10.1 Å². The van der Waals surface area contributed by atoms with E-state index in [0.717, 1.165) is 18.2 Å². The molecule has 1 N–H and O–H groups in total. The first-order chi connectivity index (χ1) is 9.92. The molecule has 2 nitrogen and oxygen atoms in total. The molecule has 1 aliphatic rings. The van der Waals surface area contributed by atoms with Gasteiger partial charge in [-0.15, -0.1) is 0 Å². The van der Waals surface area contributed by atoms with E-state index in [4.69, 9.17) is 4.74 Å². The van der Waals surface area contributed by atoms with Crippen molar-refractivity contribution >= 4 is 0 Å². The summed E-state index contributed by atoms with van der Waals surface area (Å²) in [6, 6.07) is 4.89. The molecule has 4 atom stereocenters. The summed E-state index contributed by atoms with van der Waals surface area (Å²) in [5, 5.41) is 3.64. The first kappa shape index (κ1) is 16.4. The van der Waals surface area contributed by atoms with Crippen molar-refractivity contribution in [2.24, 2.45) is 11.8 Å². The monoisotopic (exact) mass is 289 g/mol. The van der Waals surface area contributed by atoms with Gasteiger partial charge in [0, 0.05) is 6.04 Å². The molecule has 0 aliphatic heterocycles. The van der Waals surface area contributed by atoms with Gasteiger partial charge in [0.1, 0.15) is 11.9 Å². The number of likely N-dealkylation sites (N-methyl/N-ethyl adjacent to an activating group) is 1. The average molecular weight is 289 g/mol. The number of rotatable bonds is 4. The van der Waals surface area contributed by atoms with Crippen LogP contribution in [0, 0.1) is 32.6 Å². The minimum Gasteiger partial charge on any atom is -0.488 e. The van der Waals surface area contributed by atoms with Crippen LogP contribution in [0.2, 0.25) is 0 Å². The van der Waals surface area contributed by atoms with Gasteiger partial charge < -0.3 is 10.1 Å². The topological polar surface area (TPSA) is 21.3 Å². The molecular formula is C19H31NO. The molecular weight excluding hydrogens is 258 g/mol. The van der Waals surface area contributed by atoms with E-state index >= 15 is 0 Å². The number of aryl methyl sites for hydroxylation is 2. The molecule has 0 amide bonds. The zero-order valence-electron chi connectivity index (χ0n) is 14.5. The van der Waals surface area contributed by atoms with Crippen LogP contribution in [0.15, 0.2) is 12.1 Å². The number of ether oxygens (including phenoxy) is 1. The Morgan fingerprint density at radius 2 is 1.86 bits per heavy atom. The van der Waals surface area contributed by atoms with E-state index in [1.54, 1.807) is 0 Å². The average Bonchev–Trinajstić information content (AvgIpc) is 2.39. The first-order valence-corrected chi connectivity index (χ1v) is 8.40. The summed E-state index contributed by atoms with van der Waals surface area (Å²) in [4.78, 5) is 0. The smallest absolute Gasteiger partial charge is 0.123 e. The largest absolute Gasteiger partial charge is 0.488 e. The van der Waals surface area contributed by atoms with E-state index in [-0.39, 0.29) is 6.10 Å². The van der Waals surface area contributed by atoms with Gasteiger partial charge >= 0.3 is 0 Å². The van der Waals surface area contributed by atoms with Crippen molar-refractivity contribution in [2.45, 2.75) is 66.5 Å². The second-order valence-electron chi connectivity index (χ2n) is 7.01. The van der Waals surface area contributed by atoms with Gasteiger partial charge in [0.2, 0.25) is 0 Å². The second-order valence-corrected chi connectivity index (χ2v) is 7.01. The second kappa shape index (κ2) is 6.83. The molecule has 118 valence electrons. The van der Waals surface area contributed by atoms with Gasteiger partial charge in [-0.2, -0.15) is 0 Å².